The van der Waals surface area contributed by atoms with Gasteiger partial charge in [0.25, 0.3) is 5.91 Å². The van der Waals surface area contributed by atoms with E-state index in [0.717, 1.165) is 5.69 Å². The number of rotatable bonds is 4. The fourth-order valence-electron chi connectivity index (χ4n) is 1.72. The van der Waals surface area contributed by atoms with Gasteiger partial charge in [-0.25, -0.2) is 9.97 Å². The highest BCUT2D eigenvalue weighted by molar-refractivity contribution is 6.02. The van der Waals surface area contributed by atoms with Crippen LogP contribution in [0.1, 0.15) is 35.8 Å². The Labute approximate surface area is 118 Å². The molecule has 2 rings (SSSR count). The monoisotopic (exact) mass is 271 g/mol. The second-order valence-electron chi connectivity index (χ2n) is 4.68. The van der Waals surface area contributed by atoms with Crippen LogP contribution in [-0.4, -0.2) is 23.0 Å². The summed E-state index contributed by atoms with van der Waals surface area (Å²) in [5.41, 5.74) is 2.23. The molecule has 0 bridgehead atoms. The first-order valence-corrected chi connectivity index (χ1v) is 6.37. The number of carbonyl (C=O) groups is 1. The quantitative estimate of drug-likeness (QED) is 0.928. The van der Waals surface area contributed by atoms with E-state index in [2.05, 4.69) is 29.1 Å². The summed E-state index contributed by atoms with van der Waals surface area (Å²) in [5.74, 6) is 0.536. The third-order valence-electron chi connectivity index (χ3n) is 2.92. The van der Waals surface area contributed by atoms with Gasteiger partial charge in [-0.1, -0.05) is 26.0 Å². The van der Waals surface area contributed by atoms with Crippen LogP contribution >= 0.6 is 0 Å². The Balaban J connectivity index is 2.10. The summed E-state index contributed by atoms with van der Waals surface area (Å²) in [6.45, 7) is 4.25. The molecule has 0 spiro atoms. The van der Waals surface area contributed by atoms with E-state index >= 15 is 0 Å². The van der Waals surface area contributed by atoms with Gasteiger partial charge in [-0.05, 0) is 23.6 Å². The fourth-order valence-corrected chi connectivity index (χ4v) is 1.72. The molecule has 0 saturated carbocycles. The second kappa shape index (κ2) is 6.14. The van der Waals surface area contributed by atoms with E-state index in [1.165, 1.54) is 25.1 Å². The number of methoxy groups -OCH3 is 1. The van der Waals surface area contributed by atoms with Gasteiger partial charge in [0.2, 0.25) is 5.88 Å². The van der Waals surface area contributed by atoms with Gasteiger partial charge in [-0.15, -0.1) is 0 Å². The number of ether oxygens (including phenoxy) is 1. The van der Waals surface area contributed by atoms with Gasteiger partial charge in [0, 0.05) is 11.8 Å². The van der Waals surface area contributed by atoms with Crippen LogP contribution in [0.3, 0.4) is 0 Å². The molecule has 1 amide bonds. The Morgan fingerprint density at radius 1 is 1.20 bits per heavy atom. The highest BCUT2D eigenvalue weighted by Gasteiger charge is 2.09. The predicted octanol–water partition coefficient (Wildman–Crippen LogP) is 2.86. The van der Waals surface area contributed by atoms with Crippen LogP contribution in [0.5, 0.6) is 5.88 Å². The lowest BCUT2D eigenvalue weighted by Gasteiger charge is -2.08. The molecule has 104 valence electrons. The first-order valence-electron chi connectivity index (χ1n) is 6.37. The molecule has 5 nitrogen and oxygen atoms in total. The highest BCUT2D eigenvalue weighted by Crippen LogP contribution is 2.17. The van der Waals surface area contributed by atoms with Crippen molar-refractivity contribution in [2.75, 3.05) is 12.4 Å². The van der Waals surface area contributed by atoms with Crippen LogP contribution in [0, 0.1) is 0 Å². The van der Waals surface area contributed by atoms with Crippen molar-refractivity contribution in [1.82, 2.24) is 9.97 Å². The number of amides is 1. The lowest BCUT2D eigenvalue weighted by atomic mass is 10.0. The number of nitrogens with one attached hydrogen (secondary N) is 1. The van der Waals surface area contributed by atoms with Crippen LogP contribution in [0.4, 0.5) is 5.69 Å². The zero-order valence-corrected chi connectivity index (χ0v) is 11.8. The van der Waals surface area contributed by atoms with Crippen LogP contribution < -0.4 is 10.1 Å². The molecule has 0 aliphatic heterocycles. The van der Waals surface area contributed by atoms with Crippen molar-refractivity contribution < 1.29 is 9.53 Å². The van der Waals surface area contributed by atoms with Gasteiger partial charge in [0.05, 0.1) is 7.11 Å². The molecular formula is C15H17N3O2. The molecule has 0 aliphatic rings. The van der Waals surface area contributed by atoms with E-state index in [1.54, 1.807) is 0 Å². The topological polar surface area (TPSA) is 64.1 Å². The third-order valence-corrected chi connectivity index (χ3v) is 2.92. The average Bonchev–Trinajstić information content (AvgIpc) is 2.47. The van der Waals surface area contributed by atoms with Crippen LogP contribution in [0.15, 0.2) is 36.7 Å². The van der Waals surface area contributed by atoms with E-state index in [-0.39, 0.29) is 11.6 Å². The zero-order valence-electron chi connectivity index (χ0n) is 11.8. The molecule has 20 heavy (non-hydrogen) atoms. The summed E-state index contributed by atoms with van der Waals surface area (Å²) in [4.78, 5) is 19.8. The number of nitrogens with zero attached hydrogens (tertiary/aromatic N) is 2. The van der Waals surface area contributed by atoms with E-state index < -0.39 is 0 Å². The summed E-state index contributed by atoms with van der Waals surface area (Å²) in [6.07, 6.45) is 1.30. The first kappa shape index (κ1) is 14.0. The minimum absolute atomic E-state index is 0.268. The molecule has 1 N–H and O–H groups in total. The predicted molar refractivity (Wildman–Crippen MR) is 77.1 cm³/mol. The van der Waals surface area contributed by atoms with Gasteiger partial charge in [-0.2, -0.15) is 0 Å². The highest BCUT2D eigenvalue weighted by atomic mass is 16.5. The molecule has 0 saturated heterocycles. The molecule has 1 aromatic carbocycles. The van der Waals surface area contributed by atoms with Crippen molar-refractivity contribution >= 4 is 11.6 Å². The van der Waals surface area contributed by atoms with Gasteiger partial charge < -0.3 is 10.1 Å². The van der Waals surface area contributed by atoms with E-state index in [9.17, 15) is 4.79 Å². The first-order chi connectivity index (χ1) is 9.60. The van der Waals surface area contributed by atoms with Crippen molar-refractivity contribution in [1.29, 1.82) is 0 Å². The molecule has 0 fully saturated rings. The molecule has 0 unspecified atom stereocenters. The van der Waals surface area contributed by atoms with Gasteiger partial charge >= 0.3 is 0 Å². The number of hydrogen-bond acceptors (Lipinski definition) is 4. The Hall–Kier alpha value is -2.43. The molecule has 0 atom stereocenters. The summed E-state index contributed by atoms with van der Waals surface area (Å²) >= 11 is 0. The molecule has 5 heteroatoms. The van der Waals surface area contributed by atoms with Gasteiger partial charge in [-0.3, -0.25) is 4.79 Å². The molecule has 1 aromatic heterocycles. The van der Waals surface area contributed by atoms with Crippen molar-refractivity contribution in [3.8, 4) is 5.88 Å². The lowest BCUT2D eigenvalue weighted by Crippen LogP contribution is -2.14. The SMILES string of the molecule is COc1cc(C(=O)Nc2ccc(C(C)C)cc2)ncn1. The normalized spacial score (nSPS) is 10.4. The smallest absolute Gasteiger partial charge is 0.274 e. The van der Waals surface area contributed by atoms with Gasteiger partial charge in [0.1, 0.15) is 12.0 Å². The number of carbonyl (C=O) groups excluding carboxylic acids is 1. The summed E-state index contributed by atoms with van der Waals surface area (Å²) in [7, 11) is 1.49. The number of anilines is 1. The zero-order chi connectivity index (χ0) is 14.5. The molecule has 0 radical (unpaired) electrons. The Kier molecular flexibility index (Phi) is 4.30. The molecular weight excluding hydrogens is 254 g/mol. The standard InChI is InChI=1S/C15H17N3O2/c1-10(2)11-4-6-12(7-5-11)18-15(19)13-8-14(20-3)17-9-16-13/h4-10H,1-3H3,(H,18,19). The maximum Gasteiger partial charge on any atom is 0.274 e. The van der Waals surface area contributed by atoms with Crippen molar-refractivity contribution in [2.45, 2.75) is 19.8 Å². The summed E-state index contributed by atoms with van der Waals surface area (Å²) < 4.78 is 4.97. The second-order valence-corrected chi connectivity index (χ2v) is 4.68. The minimum atomic E-state index is -0.289. The van der Waals surface area contributed by atoms with Crippen LogP contribution in [-0.2, 0) is 0 Å². The maximum atomic E-state index is 12.0. The summed E-state index contributed by atoms with van der Waals surface area (Å²) in [5, 5.41) is 2.79. The van der Waals surface area contributed by atoms with Gasteiger partial charge in [0.15, 0.2) is 0 Å². The Morgan fingerprint density at radius 3 is 2.50 bits per heavy atom. The van der Waals surface area contributed by atoms with Crippen molar-refractivity contribution in [3.05, 3.63) is 47.9 Å². The maximum absolute atomic E-state index is 12.0. The Morgan fingerprint density at radius 2 is 1.90 bits per heavy atom. The molecule has 2 aromatic rings. The number of hydrogen-bond donors (Lipinski definition) is 1. The third kappa shape index (κ3) is 3.32. The average molecular weight is 271 g/mol. The van der Waals surface area contributed by atoms with Crippen molar-refractivity contribution in [3.63, 3.8) is 0 Å². The van der Waals surface area contributed by atoms with Crippen molar-refractivity contribution in [2.24, 2.45) is 0 Å². The largest absolute Gasteiger partial charge is 0.481 e. The van der Waals surface area contributed by atoms with Crippen LogP contribution in [0.25, 0.3) is 0 Å². The lowest BCUT2D eigenvalue weighted by molar-refractivity contribution is 0.102. The fraction of sp³-hybridized carbons (Fsp3) is 0.267. The molecule has 1 heterocycles. The van der Waals surface area contributed by atoms with E-state index in [1.807, 2.05) is 24.3 Å². The number of benzene rings is 1. The van der Waals surface area contributed by atoms with E-state index in [4.69, 9.17) is 4.74 Å². The van der Waals surface area contributed by atoms with E-state index in [0.29, 0.717) is 11.8 Å². The molecule has 0 aliphatic carbocycles. The number of aromatic nitrogens is 2. The minimum Gasteiger partial charge on any atom is -0.481 e. The Bertz CT molecular complexity index is 594. The van der Waals surface area contributed by atoms with Crippen LogP contribution in [0.2, 0.25) is 0 Å². The summed E-state index contributed by atoms with van der Waals surface area (Å²) in [6, 6.07) is 9.26.